The summed E-state index contributed by atoms with van der Waals surface area (Å²) in [5.41, 5.74) is 1.50. The highest BCUT2D eigenvalue weighted by Crippen LogP contribution is 2.17. The van der Waals surface area contributed by atoms with Crippen LogP contribution in [0.4, 0.5) is 11.4 Å². The summed E-state index contributed by atoms with van der Waals surface area (Å²) in [7, 11) is 0. The van der Waals surface area contributed by atoms with E-state index >= 15 is 0 Å². The van der Waals surface area contributed by atoms with Crippen LogP contribution in [-0.4, -0.2) is 24.9 Å². The molecule has 1 aromatic rings. The second kappa shape index (κ2) is 8.64. The first kappa shape index (κ1) is 17.5. The fourth-order valence-corrected chi connectivity index (χ4v) is 2.21. The van der Waals surface area contributed by atoms with Crippen LogP contribution in [0.3, 0.4) is 0 Å². The Balaban J connectivity index is 0.00000220. The molecule has 1 atom stereocenters. The molecule has 0 aromatic heterocycles. The number of carbonyl (C=O) groups excluding carboxylic acids is 2. The van der Waals surface area contributed by atoms with Crippen LogP contribution in [0, 0.1) is 5.92 Å². The van der Waals surface area contributed by atoms with Gasteiger partial charge in [-0.05, 0) is 43.7 Å². The molecule has 2 amide bonds. The molecule has 1 saturated heterocycles. The van der Waals surface area contributed by atoms with E-state index < -0.39 is 0 Å². The van der Waals surface area contributed by atoms with Crippen LogP contribution in [0.2, 0.25) is 0 Å². The quantitative estimate of drug-likeness (QED) is 0.799. The van der Waals surface area contributed by atoms with Crippen molar-refractivity contribution >= 4 is 35.6 Å². The van der Waals surface area contributed by atoms with Crippen LogP contribution >= 0.6 is 12.4 Å². The summed E-state index contributed by atoms with van der Waals surface area (Å²) < 4.78 is 0. The molecule has 1 fully saturated rings. The number of amides is 2. The molecule has 1 aliphatic heterocycles. The Labute approximate surface area is 131 Å². The lowest BCUT2D eigenvalue weighted by Gasteiger charge is -2.21. The Morgan fingerprint density at radius 3 is 2.33 bits per heavy atom. The molecule has 0 spiro atoms. The summed E-state index contributed by atoms with van der Waals surface area (Å²) in [5, 5.41) is 8.92. The fourth-order valence-electron chi connectivity index (χ4n) is 2.21. The number of rotatable bonds is 4. The van der Waals surface area contributed by atoms with Crippen LogP contribution in [0.15, 0.2) is 24.3 Å². The highest BCUT2D eigenvalue weighted by molar-refractivity contribution is 5.94. The van der Waals surface area contributed by atoms with Gasteiger partial charge in [-0.2, -0.15) is 0 Å². The number of nitrogens with one attached hydrogen (secondary N) is 3. The topological polar surface area (TPSA) is 70.2 Å². The van der Waals surface area contributed by atoms with E-state index in [4.69, 9.17) is 0 Å². The standard InChI is InChI=1S/C15H21N3O2.ClH/c1-2-14(19)17-12-5-7-13(8-6-12)18-15(20)11-4-3-9-16-10-11;/h5-8,11,16H,2-4,9-10H2,1H3,(H,17,19)(H,18,20);1H. The predicted octanol–water partition coefficient (Wildman–Crippen LogP) is 2.40. The highest BCUT2D eigenvalue weighted by Gasteiger charge is 2.20. The van der Waals surface area contributed by atoms with Gasteiger partial charge >= 0.3 is 0 Å². The Kier molecular flexibility index (Phi) is 7.19. The summed E-state index contributed by atoms with van der Waals surface area (Å²) in [6.45, 7) is 3.55. The van der Waals surface area contributed by atoms with Crippen molar-refractivity contribution in [3.05, 3.63) is 24.3 Å². The van der Waals surface area contributed by atoms with Crippen molar-refractivity contribution in [2.24, 2.45) is 5.92 Å². The minimum atomic E-state index is -0.0185. The smallest absolute Gasteiger partial charge is 0.228 e. The van der Waals surface area contributed by atoms with E-state index in [0.29, 0.717) is 6.42 Å². The van der Waals surface area contributed by atoms with E-state index in [1.165, 1.54) is 0 Å². The third-order valence-electron chi connectivity index (χ3n) is 3.42. The third kappa shape index (κ3) is 5.36. The minimum Gasteiger partial charge on any atom is -0.326 e. The van der Waals surface area contributed by atoms with Crippen molar-refractivity contribution in [3.63, 3.8) is 0 Å². The van der Waals surface area contributed by atoms with Crippen LogP contribution < -0.4 is 16.0 Å². The van der Waals surface area contributed by atoms with Crippen LogP contribution in [0.5, 0.6) is 0 Å². The van der Waals surface area contributed by atoms with Crippen molar-refractivity contribution in [3.8, 4) is 0 Å². The molecule has 3 N–H and O–H groups in total. The van der Waals surface area contributed by atoms with Gasteiger partial charge in [0.15, 0.2) is 0 Å². The van der Waals surface area contributed by atoms with Gasteiger partial charge < -0.3 is 16.0 Å². The van der Waals surface area contributed by atoms with Gasteiger partial charge in [-0.15, -0.1) is 12.4 Å². The molecule has 0 radical (unpaired) electrons. The van der Waals surface area contributed by atoms with Gasteiger partial charge in [-0.25, -0.2) is 0 Å². The van der Waals surface area contributed by atoms with Crippen molar-refractivity contribution in [2.45, 2.75) is 26.2 Å². The van der Waals surface area contributed by atoms with Gasteiger partial charge in [0.05, 0.1) is 5.92 Å². The van der Waals surface area contributed by atoms with Crippen LogP contribution in [0.25, 0.3) is 0 Å². The molecule has 0 bridgehead atoms. The normalized spacial score (nSPS) is 17.5. The first-order valence-electron chi connectivity index (χ1n) is 7.10. The number of anilines is 2. The van der Waals surface area contributed by atoms with E-state index in [2.05, 4.69) is 16.0 Å². The number of piperidine rings is 1. The molecule has 1 aromatic carbocycles. The molecule has 6 heteroatoms. The first-order valence-corrected chi connectivity index (χ1v) is 7.10. The summed E-state index contributed by atoms with van der Waals surface area (Å²) in [6.07, 6.45) is 2.43. The maximum atomic E-state index is 12.1. The molecular weight excluding hydrogens is 290 g/mol. The van der Waals surface area contributed by atoms with Crippen LogP contribution in [0.1, 0.15) is 26.2 Å². The molecule has 1 unspecified atom stereocenters. The summed E-state index contributed by atoms with van der Waals surface area (Å²) >= 11 is 0. The SMILES string of the molecule is CCC(=O)Nc1ccc(NC(=O)C2CCCNC2)cc1.Cl. The van der Waals surface area contributed by atoms with E-state index in [1.54, 1.807) is 24.3 Å². The number of benzene rings is 1. The lowest BCUT2D eigenvalue weighted by Crippen LogP contribution is -2.37. The molecule has 1 heterocycles. The number of hydrogen-bond donors (Lipinski definition) is 3. The molecule has 1 aliphatic rings. The Hall–Kier alpha value is -1.59. The zero-order valence-corrected chi connectivity index (χ0v) is 13.0. The molecule has 5 nitrogen and oxygen atoms in total. The number of carbonyl (C=O) groups is 2. The largest absolute Gasteiger partial charge is 0.326 e. The fraction of sp³-hybridized carbons (Fsp3) is 0.467. The van der Waals surface area contributed by atoms with E-state index in [0.717, 1.165) is 37.3 Å². The van der Waals surface area contributed by atoms with E-state index in [1.807, 2.05) is 6.92 Å². The maximum absolute atomic E-state index is 12.1. The number of halogens is 1. The van der Waals surface area contributed by atoms with Gasteiger partial charge in [0.25, 0.3) is 0 Å². The first-order chi connectivity index (χ1) is 9.69. The lowest BCUT2D eigenvalue weighted by atomic mass is 9.99. The zero-order chi connectivity index (χ0) is 14.4. The number of hydrogen-bond acceptors (Lipinski definition) is 3. The van der Waals surface area contributed by atoms with Gasteiger partial charge in [0, 0.05) is 24.3 Å². The molecule has 21 heavy (non-hydrogen) atoms. The highest BCUT2D eigenvalue weighted by atomic mass is 35.5. The van der Waals surface area contributed by atoms with Gasteiger partial charge in [0.1, 0.15) is 0 Å². The van der Waals surface area contributed by atoms with Gasteiger partial charge in [-0.1, -0.05) is 6.92 Å². The molecule has 116 valence electrons. The molecule has 0 aliphatic carbocycles. The predicted molar refractivity (Wildman–Crippen MR) is 86.8 cm³/mol. The van der Waals surface area contributed by atoms with E-state index in [-0.39, 0.29) is 30.1 Å². The van der Waals surface area contributed by atoms with Crippen LogP contribution in [-0.2, 0) is 9.59 Å². The molecular formula is C15H22ClN3O2. The Morgan fingerprint density at radius 1 is 1.19 bits per heavy atom. The van der Waals surface area contributed by atoms with Gasteiger partial charge in [0.2, 0.25) is 11.8 Å². The lowest BCUT2D eigenvalue weighted by molar-refractivity contribution is -0.120. The minimum absolute atomic E-state index is 0. The maximum Gasteiger partial charge on any atom is 0.228 e. The second-order valence-electron chi connectivity index (χ2n) is 5.01. The molecule has 2 rings (SSSR count). The van der Waals surface area contributed by atoms with Crippen molar-refractivity contribution < 1.29 is 9.59 Å². The molecule has 0 saturated carbocycles. The average molecular weight is 312 g/mol. The van der Waals surface area contributed by atoms with Crippen molar-refractivity contribution in [2.75, 3.05) is 23.7 Å². The second-order valence-corrected chi connectivity index (χ2v) is 5.01. The third-order valence-corrected chi connectivity index (χ3v) is 3.42. The monoisotopic (exact) mass is 311 g/mol. The summed E-state index contributed by atoms with van der Waals surface area (Å²) in [4.78, 5) is 23.3. The van der Waals surface area contributed by atoms with Crippen molar-refractivity contribution in [1.29, 1.82) is 0 Å². The Bertz CT molecular complexity index is 470. The van der Waals surface area contributed by atoms with Crippen molar-refractivity contribution in [1.82, 2.24) is 5.32 Å². The van der Waals surface area contributed by atoms with E-state index in [9.17, 15) is 9.59 Å². The zero-order valence-electron chi connectivity index (χ0n) is 12.1. The van der Waals surface area contributed by atoms with Gasteiger partial charge in [-0.3, -0.25) is 9.59 Å². The Morgan fingerprint density at radius 2 is 1.81 bits per heavy atom. The average Bonchev–Trinajstić information content (AvgIpc) is 2.50. The summed E-state index contributed by atoms with van der Waals surface area (Å²) in [6, 6.07) is 7.20. The summed E-state index contributed by atoms with van der Waals surface area (Å²) in [5.74, 6) is 0.0841.